The minimum Gasteiger partial charge on any atom is -0.497 e. The van der Waals surface area contributed by atoms with E-state index in [0.29, 0.717) is 18.2 Å². The van der Waals surface area contributed by atoms with E-state index in [1.807, 2.05) is 24.0 Å². The van der Waals surface area contributed by atoms with Gasteiger partial charge in [0.25, 0.3) is 0 Å². The van der Waals surface area contributed by atoms with Gasteiger partial charge in [0.15, 0.2) is 0 Å². The second-order valence-electron chi connectivity index (χ2n) is 4.17. The largest absolute Gasteiger partial charge is 0.497 e. The Hall–Kier alpha value is -1.25. The van der Waals surface area contributed by atoms with E-state index in [1.54, 1.807) is 7.11 Å². The minimum atomic E-state index is 0.290. The van der Waals surface area contributed by atoms with Crippen LogP contribution in [0.2, 0.25) is 0 Å². The standard InChI is InChI=1S/C13H21NO2/c1-4-12(16-3)8-7-11(2)10-14-9-5-6-13(14)15/h4,7-8,11H,5-6,9-10H2,1-3H3/b8-7-,12-4+. The van der Waals surface area contributed by atoms with Crippen molar-refractivity contribution in [3.05, 3.63) is 24.0 Å². The number of carbonyl (C=O) groups is 1. The van der Waals surface area contributed by atoms with Gasteiger partial charge in [-0.2, -0.15) is 0 Å². The Morgan fingerprint density at radius 1 is 1.62 bits per heavy atom. The van der Waals surface area contributed by atoms with Crippen LogP contribution in [0.5, 0.6) is 0 Å². The highest BCUT2D eigenvalue weighted by Gasteiger charge is 2.20. The van der Waals surface area contributed by atoms with Crippen LogP contribution in [0.25, 0.3) is 0 Å². The van der Waals surface area contributed by atoms with Crippen molar-refractivity contribution in [1.82, 2.24) is 4.90 Å². The molecule has 1 heterocycles. The van der Waals surface area contributed by atoms with Crippen LogP contribution in [0.4, 0.5) is 0 Å². The molecule has 1 amide bonds. The smallest absolute Gasteiger partial charge is 0.222 e. The molecule has 16 heavy (non-hydrogen) atoms. The van der Waals surface area contributed by atoms with Crippen LogP contribution >= 0.6 is 0 Å². The third-order valence-corrected chi connectivity index (χ3v) is 2.79. The lowest BCUT2D eigenvalue weighted by Crippen LogP contribution is -2.28. The van der Waals surface area contributed by atoms with Crippen LogP contribution in [0.1, 0.15) is 26.7 Å². The summed E-state index contributed by atoms with van der Waals surface area (Å²) in [7, 11) is 1.66. The molecule has 1 fully saturated rings. The van der Waals surface area contributed by atoms with Gasteiger partial charge in [0.1, 0.15) is 5.76 Å². The summed E-state index contributed by atoms with van der Waals surface area (Å²) in [5, 5.41) is 0. The van der Waals surface area contributed by atoms with Crippen molar-refractivity contribution in [3.8, 4) is 0 Å². The van der Waals surface area contributed by atoms with Gasteiger partial charge in [0, 0.05) is 19.5 Å². The number of hydrogen-bond acceptors (Lipinski definition) is 2. The lowest BCUT2D eigenvalue weighted by Gasteiger charge is -2.18. The van der Waals surface area contributed by atoms with E-state index in [2.05, 4.69) is 13.0 Å². The van der Waals surface area contributed by atoms with Crippen LogP contribution in [0.15, 0.2) is 24.0 Å². The number of carbonyl (C=O) groups excluding carboxylic acids is 1. The molecule has 1 rings (SSSR count). The number of likely N-dealkylation sites (tertiary alicyclic amines) is 1. The summed E-state index contributed by atoms with van der Waals surface area (Å²) in [6, 6.07) is 0. The van der Waals surface area contributed by atoms with E-state index < -0.39 is 0 Å². The van der Waals surface area contributed by atoms with Gasteiger partial charge < -0.3 is 9.64 Å². The summed E-state index contributed by atoms with van der Waals surface area (Å²) in [5.74, 6) is 1.52. The third-order valence-electron chi connectivity index (χ3n) is 2.79. The van der Waals surface area contributed by atoms with Gasteiger partial charge in [-0.1, -0.05) is 13.0 Å². The van der Waals surface area contributed by atoms with Crippen molar-refractivity contribution >= 4 is 5.91 Å². The van der Waals surface area contributed by atoms with Gasteiger partial charge in [-0.15, -0.1) is 0 Å². The van der Waals surface area contributed by atoms with Gasteiger partial charge in [-0.25, -0.2) is 0 Å². The maximum atomic E-state index is 11.4. The average Bonchev–Trinajstić information content (AvgIpc) is 2.66. The summed E-state index contributed by atoms with van der Waals surface area (Å²) >= 11 is 0. The Kier molecular flexibility index (Phi) is 5.09. The second kappa shape index (κ2) is 6.36. The average molecular weight is 223 g/mol. The maximum Gasteiger partial charge on any atom is 0.222 e. The van der Waals surface area contributed by atoms with Crippen LogP contribution in [0, 0.1) is 5.92 Å². The van der Waals surface area contributed by atoms with Crippen LogP contribution in [-0.4, -0.2) is 31.0 Å². The number of amides is 1. The van der Waals surface area contributed by atoms with E-state index in [0.717, 1.165) is 25.3 Å². The van der Waals surface area contributed by atoms with E-state index in [1.165, 1.54) is 0 Å². The van der Waals surface area contributed by atoms with Crippen molar-refractivity contribution in [2.24, 2.45) is 5.92 Å². The van der Waals surface area contributed by atoms with Crippen LogP contribution < -0.4 is 0 Å². The number of nitrogens with zero attached hydrogens (tertiary/aromatic N) is 1. The molecule has 3 heteroatoms. The zero-order valence-corrected chi connectivity index (χ0v) is 10.4. The van der Waals surface area contributed by atoms with Gasteiger partial charge in [0.05, 0.1) is 7.11 Å². The highest BCUT2D eigenvalue weighted by molar-refractivity contribution is 5.78. The molecule has 0 N–H and O–H groups in total. The molecule has 0 bridgehead atoms. The fourth-order valence-corrected chi connectivity index (χ4v) is 1.85. The minimum absolute atomic E-state index is 0.290. The van der Waals surface area contributed by atoms with Crippen molar-refractivity contribution in [2.75, 3.05) is 20.2 Å². The molecule has 0 spiro atoms. The summed E-state index contributed by atoms with van der Waals surface area (Å²) in [5.41, 5.74) is 0. The topological polar surface area (TPSA) is 29.5 Å². The van der Waals surface area contributed by atoms with E-state index in [4.69, 9.17) is 4.74 Å². The van der Waals surface area contributed by atoms with Gasteiger partial charge in [0.2, 0.25) is 5.91 Å². The van der Waals surface area contributed by atoms with E-state index in [9.17, 15) is 4.79 Å². The monoisotopic (exact) mass is 223 g/mol. The summed E-state index contributed by atoms with van der Waals surface area (Å²) in [6.45, 7) is 5.79. The normalized spacial score (nSPS) is 19.6. The Morgan fingerprint density at radius 2 is 2.38 bits per heavy atom. The maximum absolute atomic E-state index is 11.4. The number of rotatable bonds is 5. The van der Waals surface area contributed by atoms with E-state index in [-0.39, 0.29) is 0 Å². The zero-order valence-electron chi connectivity index (χ0n) is 10.4. The molecule has 1 saturated heterocycles. The molecule has 0 saturated carbocycles. The molecule has 0 aromatic carbocycles. The third kappa shape index (κ3) is 3.72. The quantitative estimate of drug-likeness (QED) is 0.529. The second-order valence-corrected chi connectivity index (χ2v) is 4.17. The highest BCUT2D eigenvalue weighted by Crippen LogP contribution is 2.13. The van der Waals surface area contributed by atoms with Crippen molar-refractivity contribution in [3.63, 3.8) is 0 Å². The SMILES string of the molecule is C/C=C(\C=C/C(C)CN1CCCC1=O)OC. The Bertz CT molecular complexity index is 294. The lowest BCUT2D eigenvalue weighted by molar-refractivity contribution is -0.128. The molecule has 0 aromatic rings. The Labute approximate surface area is 97.8 Å². The number of methoxy groups -OCH3 is 1. The van der Waals surface area contributed by atoms with Crippen molar-refractivity contribution in [2.45, 2.75) is 26.7 Å². The van der Waals surface area contributed by atoms with Crippen molar-refractivity contribution < 1.29 is 9.53 Å². The first-order chi connectivity index (χ1) is 7.67. The predicted octanol–water partition coefficient (Wildman–Crippen LogP) is 2.35. The Morgan fingerprint density at radius 3 is 2.88 bits per heavy atom. The van der Waals surface area contributed by atoms with Gasteiger partial charge in [-0.3, -0.25) is 4.79 Å². The molecule has 1 atom stereocenters. The molecular weight excluding hydrogens is 202 g/mol. The highest BCUT2D eigenvalue weighted by atomic mass is 16.5. The number of ether oxygens (including phenoxy) is 1. The zero-order chi connectivity index (χ0) is 12.0. The molecule has 1 aliphatic rings. The fourth-order valence-electron chi connectivity index (χ4n) is 1.85. The number of hydrogen-bond donors (Lipinski definition) is 0. The first-order valence-electron chi connectivity index (χ1n) is 5.83. The molecule has 3 nitrogen and oxygen atoms in total. The first-order valence-corrected chi connectivity index (χ1v) is 5.83. The van der Waals surface area contributed by atoms with Crippen LogP contribution in [-0.2, 0) is 9.53 Å². The van der Waals surface area contributed by atoms with Crippen molar-refractivity contribution in [1.29, 1.82) is 0 Å². The predicted molar refractivity (Wildman–Crippen MR) is 64.9 cm³/mol. The molecule has 0 aromatic heterocycles. The molecule has 90 valence electrons. The van der Waals surface area contributed by atoms with Gasteiger partial charge >= 0.3 is 0 Å². The van der Waals surface area contributed by atoms with Crippen LogP contribution in [0.3, 0.4) is 0 Å². The summed E-state index contributed by atoms with van der Waals surface area (Å²) in [4.78, 5) is 13.4. The molecule has 1 aliphatic heterocycles. The molecule has 0 aliphatic carbocycles. The number of allylic oxidation sites excluding steroid dienone is 2. The summed E-state index contributed by atoms with van der Waals surface area (Å²) in [6.07, 6.45) is 7.70. The molecular formula is C13H21NO2. The fraction of sp³-hybridized carbons (Fsp3) is 0.615. The Balaban J connectivity index is 2.40. The molecule has 1 unspecified atom stereocenters. The van der Waals surface area contributed by atoms with Gasteiger partial charge in [-0.05, 0) is 31.4 Å². The lowest BCUT2D eigenvalue weighted by atomic mass is 10.1. The molecule has 0 radical (unpaired) electrons. The first kappa shape index (κ1) is 12.8. The van der Waals surface area contributed by atoms with E-state index >= 15 is 0 Å². The summed E-state index contributed by atoms with van der Waals surface area (Å²) < 4.78 is 5.13.